The van der Waals surface area contributed by atoms with Crippen LogP contribution in [0, 0.1) is 11.8 Å². The van der Waals surface area contributed by atoms with E-state index in [0.29, 0.717) is 11.5 Å². The second-order valence-corrected chi connectivity index (χ2v) is 6.70. The lowest BCUT2D eigenvalue weighted by atomic mass is 9.81. The fraction of sp³-hybridized carbons (Fsp3) is 0.632. The van der Waals surface area contributed by atoms with Gasteiger partial charge in [-0.25, -0.2) is 4.79 Å². The fourth-order valence-corrected chi connectivity index (χ4v) is 3.12. The van der Waals surface area contributed by atoms with E-state index in [-0.39, 0.29) is 6.10 Å². The monoisotopic (exact) mass is 304 g/mol. The third kappa shape index (κ3) is 4.84. The first kappa shape index (κ1) is 17.0. The molecule has 1 aromatic carbocycles. The van der Waals surface area contributed by atoms with Crippen molar-refractivity contribution in [1.82, 2.24) is 0 Å². The number of carbonyl (C=O) groups is 1. The molecule has 0 aromatic heterocycles. The Labute approximate surface area is 133 Å². The van der Waals surface area contributed by atoms with Gasteiger partial charge < -0.3 is 0 Å². The second kappa shape index (κ2) is 8.33. The minimum absolute atomic E-state index is 0.0315. The van der Waals surface area contributed by atoms with Crippen LogP contribution in [0.2, 0.25) is 0 Å². The average molecular weight is 304 g/mol. The maximum Gasteiger partial charge on any atom is 0.373 e. The zero-order chi connectivity index (χ0) is 15.9. The number of carbonyl (C=O) groups excluding carboxylic acids is 1. The first-order chi connectivity index (χ1) is 10.6. The summed E-state index contributed by atoms with van der Waals surface area (Å²) in [6, 6.07) is 7.64. The number of rotatable bonds is 6. The highest BCUT2D eigenvalue weighted by atomic mass is 17.2. The van der Waals surface area contributed by atoms with E-state index in [1.807, 2.05) is 24.3 Å². The van der Waals surface area contributed by atoms with Gasteiger partial charge in [0.25, 0.3) is 0 Å². The lowest BCUT2D eigenvalue weighted by Gasteiger charge is -2.30. The topological polar surface area (TPSA) is 35.5 Å². The van der Waals surface area contributed by atoms with Crippen LogP contribution in [0.25, 0.3) is 0 Å². The molecule has 22 heavy (non-hydrogen) atoms. The molecule has 0 radical (unpaired) electrons. The normalized spacial score (nSPS) is 25.0. The van der Waals surface area contributed by atoms with E-state index in [1.54, 1.807) is 0 Å². The van der Waals surface area contributed by atoms with Crippen LogP contribution in [-0.2, 0) is 16.2 Å². The zero-order valence-electron chi connectivity index (χ0n) is 14.0. The Morgan fingerprint density at radius 2 is 1.91 bits per heavy atom. The van der Waals surface area contributed by atoms with E-state index < -0.39 is 5.97 Å². The molecular weight excluding hydrogens is 276 g/mol. The lowest BCUT2D eigenvalue weighted by Crippen LogP contribution is -2.29. The molecule has 1 aliphatic rings. The maximum absolute atomic E-state index is 12.0. The molecule has 122 valence electrons. The second-order valence-electron chi connectivity index (χ2n) is 6.70. The number of hydrogen-bond donors (Lipinski definition) is 0. The molecule has 0 aliphatic heterocycles. The predicted molar refractivity (Wildman–Crippen MR) is 87.5 cm³/mol. The van der Waals surface area contributed by atoms with Gasteiger partial charge in [-0.1, -0.05) is 39.3 Å². The molecule has 0 amide bonds. The van der Waals surface area contributed by atoms with Gasteiger partial charge in [-0.15, -0.1) is 0 Å². The first-order valence-electron chi connectivity index (χ1n) is 8.56. The van der Waals surface area contributed by atoms with Crippen molar-refractivity contribution < 1.29 is 14.6 Å². The van der Waals surface area contributed by atoms with Crippen molar-refractivity contribution in [3.63, 3.8) is 0 Å². The van der Waals surface area contributed by atoms with Crippen LogP contribution in [-0.4, -0.2) is 12.1 Å². The summed E-state index contributed by atoms with van der Waals surface area (Å²) in [6.07, 6.45) is 6.67. The van der Waals surface area contributed by atoms with Gasteiger partial charge in [0, 0.05) is 0 Å². The molecule has 3 heteroatoms. The lowest BCUT2D eigenvalue weighted by molar-refractivity contribution is -0.290. The van der Waals surface area contributed by atoms with Crippen LogP contribution in [0.3, 0.4) is 0 Å². The summed E-state index contributed by atoms with van der Waals surface area (Å²) in [5.74, 6) is 0.780. The van der Waals surface area contributed by atoms with Gasteiger partial charge in [0.2, 0.25) is 0 Å². The first-order valence-corrected chi connectivity index (χ1v) is 8.56. The summed E-state index contributed by atoms with van der Waals surface area (Å²) >= 11 is 0. The third-order valence-corrected chi connectivity index (χ3v) is 4.61. The van der Waals surface area contributed by atoms with Crippen LogP contribution in [0.15, 0.2) is 24.3 Å². The van der Waals surface area contributed by atoms with Crippen molar-refractivity contribution in [2.45, 2.75) is 65.4 Å². The summed E-state index contributed by atoms with van der Waals surface area (Å²) in [6.45, 7) is 6.60. The fourth-order valence-electron chi connectivity index (χ4n) is 3.12. The molecule has 1 saturated carbocycles. The van der Waals surface area contributed by atoms with Gasteiger partial charge in [0.05, 0.1) is 5.56 Å². The smallest absolute Gasteiger partial charge is 0.293 e. The Morgan fingerprint density at radius 1 is 1.18 bits per heavy atom. The molecule has 3 nitrogen and oxygen atoms in total. The highest BCUT2D eigenvalue weighted by Gasteiger charge is 2.28. The van der Waals surface area contributed by atoms with Gasteiger partial charge >= 0.3 is 5.97 Å². The minimum Gasteiger partial charge on any atom is -0.293 e. The predicted octanol–water partition coefficient (Wildman–Crippen LogP) is 4.94. The van der Waals surface area contributed by atoms with Crippen LogP contribution >= 0.6 is 0 Å². The molecule has 3 unspecified atom stereocenters. The molecule has 0 heterocycles. The summed E-state index contributed by atoms with van der Waals surface area (Å²) in [5.41, 5.74) is 1.81. The molecule has 3 atom stereocenters. The van der Waals surface area contributed by atoms with Gasteiger partial charge in [-0.2, -0.15) is 4.89 Å². The molecular formula is C19H28O3. The standard InChI is InChI=1S/C19H28O3/c1-4-5-6-16-8-10-17(11-9-16)19(20)22-21-18-12-7-14(2)13-15(18)3/h8-11,14-15,18H,4-7,12-13H2,1-3H3. The van der Waals surface area contributed by atoms with Gasteiger partial charge in [-0.05, 0) is 61.6 Å². The summed E-state index contributed by atoms with van der Waals surface area (Å²) in [5, 5.41) is 0. The van der Waals surface area contributed by atoms with Crippen molar-refractivity contribution in [1.29, 1.82) is 0 Å². The molecule has 0 bridgehead atoms. The van der Waals surface area contributed by atoms with Gasteiger partial charge in [-0.3, -0.25) is 4.89 Å². The van der Waals surface area contributed by atoms with Crippen LogP contribution in [0.4, 0.5) is 0 Å². The summed E-state index contributed by atoms with van der Waals surface area (Å²) in [7, 11) is 0. The maximum atomic E-state index is 12.0. The van der Waals surface area contributed by atoms with Crippen LogP contribution < -0.4 is 0 Å². The molecule has 1 aromatic rings. The van der Waals surface area contributed by atoms with Crippen molar-refractivity contribution >= 4 is 5.97 Å². The average Bonchev–Trinajstić information content (AvgIpc) is 2.52. The van der Waals surface area contributed by atoms with E-state index in [9.17, 15) is 4.79 Å². The largest absolute Gasteiger partial charge is 0.373 e. The highest BCUT2D eigenvalue weighted by Crippen LogP contribution is 2.30. The number of hydrogen-bond acceptors (Lipinski definition) is 3. The Kier molecular flexibility index (Phi) is 6.44. The van der Waals surface area contributed by atoms with E-state index in [0.717, 1.165) is 31.6 Å². The zero-order valence-corrected chi connectivity index (χ0v) is 14.0. The van der Waals surface area contributed by atoms with E-state index >= 15 is 0 Å². The Hall–Kier alpha value is -1.35. The Morgan fingerprint density at radius 3 is 2.55 bits per heavy atom. The van der Waals surface area contributed by atoms with Crippen molar-refractivity contribution in [3.8, 4) is 0 Å². The van der Waals surface area contributed by atoms with Crippen LogP contribution in [0.5, 0.6) is 0 Å². The third-order valence-electron chi connectivity index (χ3n) is 4.61. The number of unbranched alkanes of at least 4 members (excludes halogenated alkanes) is 1. The molecule has 2 rings (SSSR count). The van der Waals surface area contributed by atoms with E-state index in [1.165, 1.54) is 18.4 Å². The minimum atomic E-state index is -0.395. The molecule has 1 aliphatic carbocycles. The SMILES string of the molecule is CCCCc1ccc(C(=O)OOC2CCC(C)CC2C)cc1. The molecule has 0 saturated heterocycles. The molecule has 0 spiro atoms. The molecule has 0 N–H and O–H groups in total. The summed E-state index contributed by atoms with van der Waals surface area (Å²) < 4.78 is 0. The quantitative estimate of drug-likeness (QED) is 0.551. The van der Waals surface area contributed by atoms with Crippen LogP contribution in [0.1, 0.15) is 68.8 Å². The van der Waals surface area contributed by atoms with Gasteiger partial charge in [0.15, 0.2) is 0 Å². The van der Waals surface area contributed by atoms with E-state index in [2.05, 4.69) is 20.8 Å². The highest BCUT2D eigenvalue weighted by molar-refractivity contribution is 5.88. The van der Waals surface area contributed by atoms with Crippen molar-refractivity contribution in [2.75, 3.05) is 0 Å². The van der Waals surface area contributed by atoms with Crippen molar-refractivity contribution in [2.24, 2.45) is 11.8 Å². The van der Waals surface area contributed by atoms with E-state index in [4.69, 9.17) is 9.78 Å². The Balaban J connectivity index is 1.81. The van der Waals surface area contributed by atoms with Crippen molar-refractivity contribution in [3.05, 3.63) is 35.4 Å². The Bertz CT molecular complexity index is 466. The summed E-state index contributed by atoms with van der Waals surface area (Å²) in [4.78, 5) is 22.5. The number of aryl methyl sites for hydroxylation is 1. The number of benzene rings is 1. The molecule has 1 fully saturated rings. The van der Waals surface area contributed by atoms with Gasteiger partial charge in [0.1, 0.15) is 6.10 Å².